The van der Waals surface area contributed by atoms with Crippen LogP contribution in [0.1, 0.15) is 18.4 Å². The van der Waals surface area contributed by atoms with E-state index >= 15 is 0 Å². The van der Waals surface area contributed by atoms with E-state index in [9.17, 15) is 18.0 Å². The third-order valence-corrected chi connectivity index (χ3v) is 9.52. The highest BCUT2D eigenvalue weighted by Gasteiger charge is 2.22. The quantitative estimate of drug-likeness (QED) is 0.314. The number of carbonyl (C=O) groups is 1. The Balaban J connectivity index is 1.35. The number of rotatable bonds is 8. The highest BCUT2D eigenvalue weighted by Crippen LogP contribution is 2.28. The van der Waals surface area contributed by atoms with Gasteiger partial charge in [-0.15, -0.1) is 11.3 Å². The molecule has 10 heteroatoms. The van der Waals surface area contributed by atoms with Crippen molar-refractivity contribution in [3.05, 3.63) is 86.1 Å². The van der Waals surface area contributed by atoms with Gasteiger partial charge in [-0.25, -0.2) is 8.42 Å². The largest absolute Gasteiger partial charge is 0.382 e. The number of carbonyl (C=O) groups excluding carboxylic acids is 1. The first-order valence-electron chi connectivity index (χ1n) is 10.9. The number of thiophene rings is 1. The molecule has 2 aromatic carbocycles. The van der Waals surface area contributed by atoms with Crippen LogP contribution in [-0.4, -0.2) is 30.6 Å². The van der Waals surface area contributed by atoms with Gasteiger partial charge < -0.3 is 5.32 Å². The number of aromatic nitrogens is 1. The fourth-order valence-corrected chi connectivity index (χ4v) is 6.98. The lowest BCUT2D eigenvalue weighted by molar-refractivity contribution is -0.116. The standard InChI is InChI=1S/C25H20Cl2N2O4S2/c26-21-12-15(11-19(30)14-35(32,33)24-8-7-23(27)34-24)1-6-22(21)29-10-9-16-13-18(28-17-2-3-17)4-5-20(16)25(29)31/h1,4-10,12-13,17,28H,2-3,11,14H2. The van der Waals surface area contributed by atoms with E-state index in [0.29, 0.717) is 27.0 Å². The van der Waals surface area contributed by atoms with E-state index < -0.39 is 21.4 Å². The van der Waals surface area contributed by atoms with Crippen molar-refractivity contribution < 1.29 is 13.2 Å². The molecule has 2 aromatic heterocycles. The van der Waals surface area contributed by atoms with Gasteiger partial charge in [0.2, 0.25) is 0 Å². The van der Waals surface area contributed by atoms with Crippen molar-refractivity contribution in [2.75, 3.05) is 11.1 Å². The molecule has 6 nitrogen and oxygen atoms in total. The monoisotopic (exact) mass is 546 g/mol. The van der Waals surface area contributed by atoms with Crippen LogP contribution in [0.4, 0.5) is 5.69 Å². The summed E-state index contributed by atoms with van der Waals surface area (Å²) in [7, 11) is -3.75. The number of hydrogen-bond donors (Lipinski definition) is 1. The third-order valence-electron chi connectivity index (χ3n) is 5.73. The third kappa shape index (κ3) is 5.30. The second-order valence-electron chi connectivity index (χ2n) is 8.53. The van der Waals surface area contributed by atoms with Crippen LogP contribution in [0.15, 0.2) is 69.8 Å². The molecule has 5 rings (SSSR count). The number of halogens is 2. The van der Waals surface area contributed by atoms with Crippen molar-refractivity contribution in [2.24, 2.45) is 0 Å². The second kappa shape index (κ2) is 9.43. The van der Waals surface area contributed by atoms with Crippen molar-refractivity contribution in [3.63, 3.8) is 0 Å². The Morgan fingerprint density at radius 3 is 2.54 bits per heavy atom. The van der Waals surface area contributed by atoms with Crippen LogP contribution < -0.4 is 10.9 Å². The molecule has 2 heterocycles. The lowest BCUT2D eigenvalue weighted by atomic mass is 10.1. The number of anilines is 1. The van der Waals surface area contributed by atoms with Crippen LogP contribution in [0.25, 0.3) is 16.5 Å². The molecule has 1 saturated carbocycles. The molecular formula is C25H20Cl2N2O4S2. The molecule has 1 fully saturated rings. The van der Waals surface area contributed by atoms with Gasteiger partial charge in [0.05, 0.1) is 15.0 Å². The summed E-state index contributed by atoms with van der Waals surface area (Å²) in [6, 6.07) is 15.9. The maximum Gasteiger partial charge on any atom is 0.262 e. The molecule has 0 atom stereocenters. The van der Waals surface area contributed by atoms with E-state index in [2.05, 4.69) is 5.32 Å². The normalized spacial score (nSPS) is 13.8. The smallest absolute Gasteiger partial charge is 0.262 e. The molecule has 0 spiro atoms. The van der Waals surface area contributed by atoms with E-state index in [1.165, 1.54) is 29.5 Å². The van der Waals surface area contributed by atoms with Crippen LogP contribution in [0.3, 0.4) is 0 Å². The Kier molecular flexibility index (Phi) is 6.48. The minimum atomic E-state index is -3.75. The van der Waals surface area contributed by atoms with Gasteiger partial charge in [-0.1, -0.05) is 29.3 Å². The predicted octanol–water partition coefficient (Wildman–Crippen LogP) is 5.52. The molecule has 0 radical (unpaired) electrons. The van der Waals surface area contributed by atoms with Gasteiger partial charge in [-0.2, -0.15) is 0 Å². The molecule has 1 aliphatic rings. The van der Waals surface area contributed by atoms with Gasteiger partial charge in [0.25, 0.3) is 5.56 Å². The summed E-state index contributed by atoms with van der Waals surface area (Å²) in [6.45, 7) is 0. The number of ketones is 1. The first-order chi connectivity index (χ1) is 16.7. The summed E-state index contributed by atoms with van der Waals surface area (Å²) < 4.78 is 26.8. The number of Topliss-reactive ketones (excluding diaryl/α,β-unsaturated/α-hetero) is 1. The van der Waals surface area contributed by atoms with Crippen LogP contribution in [-0.2, 0) is 21.1 Å². The molecule has 35 heavy (non-hydrogen) atoms. The number of nitrogens with zero attached hydrogens (tertiary/aromatic N) is 1. The zero-order chi connectivity index (χ0) is 24.7. The van der Waals surface area contributed by atoms with Gasteiger partial charge in [0.15, 0.2) is 15.6 Å². The average molecular weight is 547 g/mol. The Hall–Kier alpha value is -2.65. The molecule has 0 saturated heterocycles. The summed E-state index contributed by atoms with van der Waals surface area (Å²) in [4.78, 5) is 25.6. The second-order valence-corrected chi connectivity index (χ2v) is 12.9. The first-order valence-corrected chi connectivity index (χ1v) is 14.1. The fourth-order valence-electron chi connectivity index (χ4n) is 3.87. The fraction of sp³-hybridized carbons (Fsp3) is 0.200. The summed E-state index contributed by atoms with van der Waals surface area (Å²) >= 11 is 13.2. The number of nitrogens with one attached hydrogen (secondary N) is 1. The number of benzene rings is 2. The Morgan fingerprint density at radius 1 is 1.06 bits per heavy atom. The summed E-state index contributed by atoms with van der Waals surface area (Å²) in [6.07, 6.45) is 3.91. The van der Waals surface area contributed by atoms with Gasteiger partial charge in [0, 0.05) is 29.7 Å². The number of sulfone groups is 1. The van der Waals surface area contributed by atoms with Gasteiger partial charge in [-0.05, 0) is 72.3 Å². The van der Waals surface area contributed by atoms with Crippen LogP contribution >= 0.6 is 34.5 Å². The van der Waals surface area contributed by atoms with E-state index in [-0.39, 0.29) is 21.2 Å². The molecule has 1 N–H and O–H groups in total. The molecule has 0 amide bonds. The van der Waals surface area contributed by atoms with Crippen molar-refractivity contribution in [3.8, 4) is 5.69 Å². The summed E-state index contributed by atoms with van der Waals surface area (Å²) in [5, 5.41) is 5.13. The highest BCUT2D eigenvalue weighted by atomic mass is 35.5. The summed E-state index contributed by atoms with van der Waals surface area (Å²) in [5.41, 5.74) is 1.84. The molecule has 0 unspecified atom stereocenters. The highest BCUT2D eigenvalue weighted by molar-refractivity contribution is 7.94. The summed E-state index contributed by atoms with van der Waals surface area (Å²) in [5.74, 6) is -1.08. The molecular weight excluding hydrogens is 527 g/mol. The Morgan fingerprint density at radius 2 is 1.86 bits per heavy atom. The van der Waals surface area contributed by atoms with Crippen molar-refractivity contribution >= 4 is 66.6 Å². The zero-order valence-corrected chi connectivity index (χ0v) is 21.5. The van der Waals surface area contributed by atoms with Crippen LogP contribution in [0.2, 0.25) is 9.36 Å². The molecule has 4 aromatic rings. The van der Waals surface area contributed by atoms with Crippen molar-refractivity contribution in [2.45, 2.75) is 29.5 Å². The predicted molar refractivity (Wildman–Crippen MR) is 141 cm³/mol. The topological polar surface area (TPSA) is 85.2 Å². The van der Waals surface area contributed by atoms with Crippen molar-refractivity contribution in [1.29, 1.82) is 0 Å². The number of pyridine rings is 1. The molecule has 0 aliphatic heterocycles. The Bertz CT molecular complexity index is 1620. The van der Waals surface area contributed by atoms with E-state index in [4.69, 9.17) is 23.2 Å². The lowest BCUT2D eigenvalue weighted by Gasteiger charge is -2.12. The number of fused-ring (bicyclic) bond motifs is 1. The van der Waals surface area contributed by atoms with Gasteiger partial charge in [0.1, 0.15) is 9.96 Å². The average Bonchev–Trinajstić information content (AvgIpc) is 3.49. The van der Waals surface area contributed by atoms with E-state index in [1.54, 1.807) is 30.5 Å². The SMILES string of the molecule is O=C(Cc1ccc(-n2ccc3cc(NC4CC4)ccc3c2=O)c(Cl)c1)CS(=O)(=O)c1ccc(Cl)s1. The van der Waals surface area contributed by atoms with Gasteiger partial charge >= 0.3 is 0 Å². The lowest BCUT2D eigenvalue weighted by Crippen LogP contribution is -2.19. The zero-order valence-electron chi connectivity index (χ0n) is 18.3. The first kappa shape index (κ1) is 24.1. The maximum absolute atomic E-state index is 13.1. The number of hydrogen-bond acceptors (Lipinski definition) is 6. The van der Waals surface area contributed by atoms with Crippen LogP contribution in [0, 0.1) is 0 Å². The van der Waals surface area contributed by atoms with Crippen LogP contribution in [0.5, 0.6) is 0 Å². The maximum atomic E-state index is 13.1. The van der Waals surface area contributed by atoms with Crippen molar-refractivity contribution in [1.82, 2.24) is 4.57 Å². The molecule has 0 bridgehead atoms. The minimum absolute atomic E-state index is 0.0651. The molecule has 180 valence electrons. The van der Waals surface area contributed by atoms with E-state index in [1.807, 2.05) is 18.2 Å². The van der Waals surface area contributed by atoms with Gasteiger partial charge in [-0.3, -0.25) is 14.2 Å². The Labute approximate surface area is 216 Å². The van der Waals surface area contributed by atoms with E-state index in [0.717, 1.165) is 22.4 Å². The minimum Gasteiger partial charge on any atom is -0.382 e. The molecule has 1 aliphatic carbocycles.